The molecule has 166 valence electrons. The molecule has 1 aliphatic heterocycles. The van der Waals surface area contributed by atoms with Crippen molar-refractivity contribution in [3.8, 4) is 11.3 Å². The standard InChI is InChI=1S/C29H29N3O/c1-20-12-13-23(18-22(20)3)27-19-25(24-9-5-6-10-26(24)30-27)29(33)32-16-14-31(15-17-32)28-11-7-4-8-21(28)2/h4-13,18-19H,14-17H2,1-3H3. The zero-order valence-corrected chi connectivity index (χ0v) is 19.5. The number of hydrogen-bond donors (Lipinski definition) is 0. The summed E-state index contributed by atoms with van der Waals surface area (Å²) in [5, 5.41) is 0.913. The molecule has 1 fully saturated rings. The lowest BCUT2D eigenvalue weighted by Gasteiger charge is -2.37. The molecule has 1 saturated heterocycles. The Morgan fingerprint density at radius 2 is 1.48 bits per heavy atom. The number of rotatable bonds is 3. The van der Waals surface area contributed by atoms with Gasteiger partial charge in [-0.2, -0.15) is 0 Å². The number of nitrogens with zero attached hydrogens (tertiary/aromatic N) is 3. The van der Waals surface area contributed by atoms with Gasteiger partial charge < -0.3 is 9.80 Å². The zero-order chi connectivity index (χ0) is 22.9. The first-order valence-corrected chi connectivity index (χ1v) is 11.6. The van der Waals surface area contributed by atoms with E-state index in [1.54, 1.807) is 0 Å². The molecular weight excluding hydrogens is 406 g/mol. The highest BCUT2D eigenvalue weighted by Gasteiger charge is 2.25. The molecule has 0 saturated carbocycles. The summed E-state index contributed by atoms with van der Waals surface area (Å²) in [5.74, 6) is 0.0862. The number of benzene rings is 3. The number of pyridine rings is 1. The third-order valence-electron chi connectivity index (χ3n) is 6.77. The summed E-state index contributed by atoms with van der Waals surface area (Å²) >= 11 is 0. The second kappa shape index (κ2) is 8.70. The van der Waals surface area contributed by atoms with Gasteiger partial charge in [0.05, 0.1) is 16.8 Å². The Kier molecular flexibility index (Phi) is 5.59. The monoisotopic (exact) mass is 435 g/mol. The molecule has 0 N–H and O–H groups in total. The quantitative estimate of drug-likeness (QED) is 0.409. The van der Waals surface area contributed by atoms with Gasteiger partial charge in [-0.25, -0.2) is 4.98 Å². The maximum absolute atomic E-state index is 13.7. The molecule has 33 heavy (non-hydrogen) atoms. The molecule has 4 nitrogen and oxygen atoms in total. The first kappa shape index (κ1) is 21.2. The van der Waals surface area contributed by atoms with Gasteiger partial charge in [-0.05, 0) is 61.7 Å². The minimum atomic E-state index is 0.0862. The molecule has 3 aromatic carbocycles. The minimum absolute atomic E-state index is 0.0862. The van der Waals surface area contributed by atoms with Gasteiger partial charge in [0.15, 0.2) is 0 Å². The molecule has 0 aliphatic carbocycles. The van der Waals surface area contributed by atoms with Crippen molar-refractivity contribution in [2.75, 3.05) is 31.1 Å². The predicted molar refractivity (Wildman–Crippen MR) is 136 cm³/mol. The van der Waals surface area contributed by atoms with Crippen LogP contribution in [0.25, 0.3) is 22.2 Å². The molecule has 4 aromatic rings. The van der Waals surface area contributed by atoms with Gasteiger partial charge >= 0.3 is 0 Å². The number of carbonyl (C=O) groups excluding carboxylic acids is 1. The maximum Gasteiger partial charge on any atom is 0.254 e. The highest BCUT2D eigenvalue weighted by molar-refractivity contribution is 6.07. The number of fused-ring (bicyclic) bond motifs is 1. The molecule has 5 rings (SSSR count). The third-order valence-corrected chi connectivity index (χ3v) is 6.77. The normalized spacial score (nSPS) is 14.0. The molecule has 2 heterocycles. The van der Waals surface area contributed by atoms with Crippen LogP contribution in [0.15, 0.2) is 72.8 Å². The number of aromatic nitrogens is 1. The number of carbonyl (C=O) groups is 1. The van der Waals surface area contributed by atoms with Crippen LogP contribution in [0.2, 0.25) is 0 Å². The number of aryl methyl sites for hydroxylation is 3. The maximum atomic E-state index is 13.7. The molecule has 1 aliphatic rings. The van der Waals surface area contributed by atoms with Crippen molar-refractivity contribution in [1.82, 2.24) is 9.88 Å². The fourth-order valence-corrected chi connectivity index (χ4v) is 4.64. The van der Waals surface area contributed by atoms with Crippen LogP contribution >= 0.6 is 0 Å². The summed E-state index contributed by atoms with van der Waals surface area (Å²) in [6, 6.07) is 24.8. The molecule has 0 bridgehead atoms. The fourth-order valence-electron chi connectivity index (χ4n) is 4.64. The van der Waals surface area contributed by atoms with E-state index in [9.17, 15) is 4.79 Å². The van der Waals surface area contributed by atoms with Crippen LogP contribution in [0, 0.1) is 20.8 Å². The second-order valence-electron chi connectivity index (χ2n) is 8.94. The second-order valence-corrected chi connectivity index (χ2v) is 8.94. The molecular formula is C29H29N3O. The van der Waals surface area contributed by atoms with Gasteiger partial charge in [0.1, 0.15) is 0 Å². The third kappa shape index (κ3) is 4.09. The molecule has 0 spiro atoms. The van der Waals surface area contributed by atoms with Gasteiger partial charge in [0.2, 0.25) is 0 Å². The number of hydrogen-bond acceptors (Lipinski definition) is 3. The van der Waals surface area contributed by atoms with E-state index in [1.165, 1.54) is 22.4 Å². The van der Waals surface area contributed by atoms with Crippen LogP contribution in [-0.2, 0) is 0 Å². The summed E-state index contributed by atoms with van der Waals surface area (Å²) in [6.07, 6.45) is 0. The van der Waals surface area contributed by atoms with E-state index in [1.807, 2.05) is 35.2 Å². The van der Waals surface area contributed by atoms with Crippen molar-refractivity contribution in [1.29, 1.82) is 0 Å². The van der Waals surface area contributed by atoms with Crippen molar-refractivity contribution in [2.24, 2.45) is 0 Å². The number of amides is 1. The Balaban J connectivity index is 1.46. The minimum Gasteiger partial charge on any atom is -0.368 e. The molecule has 1 amide bonds. The van der Waals surface area contributed by atoms with Crippen LogP contribution < -0.4 is 4.90 Å². The summed E-state index contributed by atoms with van der Waals surface area (Å²) in [6.45, 7) is 9.46. The lowest BCUT2D eigenvalue weighted by Crippen LogP contribution is -2.49. The lowest BCUT2D eigenvalue weighted by atomic mass is 10.00. The van der Waals surface area contributed by atoms with E-state index in [0.29, 0.717) is 13.1 Å². The van der Waals surface area contributed by atoms with Crippen molar-refractivity contribution in [3.05, 3.63) is 95.1 Å². The Bertz CT molecular complexity index is 1340. The average molecular weight is 436 g/mol. The van der Waals surface area contributed by atoms with E-state index >= 15 is 0 Å². The van der Waals surface area contributed by atoms with E-state index < -0.39 is 0 Å². The lowest BCUT2D eigenvalue weighted by molar-refractivity contribution is 0.0748. The molecule has 4 heteroatoms. The smallest absolute Gasteiger partial charge is 0.254 e. The summed E-state index contributed by atoms with van der Waals surface area (Å²) in [4.78, 5) is 23.0. The predicted octanol–water partition coefficient (Wildman–Crippen LogP) is 5.79. The molecule has 0 unspecified atom stereocenters. The van der Waals surface area contributed by atoms with Gasteiger partial charge in [-0.1, -0.05) is 48.5 Å². The summed E-state index contributed by atoms with van der Waals surface area (Å²) in [7, 11) is 0. The Morgan fingerprint density at radius 1 is 0.758 bits per heavy atom. The summed E-state index contributed by atoms with van der Waals surface area (Å²) in [5.41, 5.74) is 8.49. The van der Waals surface area contributed by atoms with E-state index in [-0.39, 0.29) is 5.91 Å². The van der Waals surface area contributed by atoms with E-state index in [0.717, 1.165) is 40.8 Å². The first-order valence-electron chi connectivity index (χ1n) is 11.6. The van der Waals surface area contributed by atoms with E-state index in [2.05, 4.69) is 68.1 Å². The van der Waals surface area contributed by atoms with Crippen LogP contribution in [0.4, 0.5) is 5.69 Å². The fraction of sp³-hybridized carbons (Fsp3) is 0.241. The number of piperazine rings is 1. The van der Waals surface area contributed by atoms with Crippen LogP contribution in [0.1, 0.15) is 27.0 Å². The zero-order valence-electron chi connectivity index (χ0n) is 19.5. The van der Waals surface area contributed by atoms with Crippen LogP contribution in [-0.4, -0.2) is 42.0 Å². The Hall–Kier alpha value is -3.66. The van der Waals surface area contributed by atoms with Crippen molar-refractivity contribution < 1.29 is 4.79 Å². The SMILES string of the molecule is Cc1ccc(-c2cc(C(=O)N3CCN(c4ccccc4C)CC3)c3ccccc3n2)cc1C. The Morgan fingerprint density at radius 3 is 2.24 bits per heavy atom. The topological polar surface area (TPSA) is 36.4 Å². The van der Waals surface area contributed by atoms with Gasteiger partial charge in [-0.15, -0.1) is 0 Å². The number of anilines is 1. The molecule has 0 atom stereocenters. The van der Waals surface area contributed by atoms with Gasteiger partial charge in [0, 0.05) is 42.8 Å². The molecule has 1 aromatic heterocycles. The van der Waals surface area contributed by atoms with Crippen LogP contribution in [0.3, 0.4) is 0 Å². The number of para-hydroxylation sites is 2. The van der Waals surface area contributed by atoms with Gasteiger partial charge in [-0.3, -0.25) is 4.79 Å². The first-order chi connectivity index (χ1) is 16.0. The highest BCUT2D eigenvalue weighted by Crippen LogP contribution is 2.28. The average Bonchev–Trinajstić information content (AvgIpc) is 2.85. The van der Waals surface area contributed by atoms with E-state index in [4.69, 9.17) is 4.98 Å². The van der Waals surface area contributed by atoms with Crippen molar-refractivity contribution >= 4 is 22.5 Å². The largest absolute Gasteiger partial charge is 0.368 e. The molecule has 0 radical (unpaired) electrons. The highest BCUT2D eigenvalue weighted by atomic mass is 16.2. The summed E-state index contributed by atoms with van der Waals surface area (Å²) < 4.78 is 0. The Labute approximate surface area is 195 Å². The van der Waals surface area contributed by atoms with Crippen LogP contribution in [0.5, 0.6) is 0 Å². The van der Waals surface area contributed by atoms with Crippen molar-refractivity contribution in [3.63, 3.8) is 0 Å². The van der Waals surface area contributed by atoms with Gasteiger partial charge in [0.25, 0.3) is 5.91 Å². The van der Waals surface area contributed by atoms with Crippen molar-refractivity contribution in [2.45, 2.75) is 20.8 Å².